The van der Waals surface area contributed by atoms with E-state index in [2.05, 4.69) is 15.5 Å². The highest BCUT2D eigenvalue weighted by Crippen LogP contribution is 2.15. The molecule has 1 aliphatic rings. The van der Waals surface area contributed by atoms with Crippen LogP contribution in [0.1, 0.15) is 39.0 Å². The number of amides is 2. The van der Waals surface area contributed by atoms with Crippen LogP contribution < -0.4 is 16.4 Å². The minimum Gasteiger partial charge on any atom is -0.330 e. The van der Waals surface area contributed by atoms with E-state index in [4.69, 9.17) is 5.73 Å². The lowest BCUT2D eigenvalue weighted by molar-refractivity contribution is -0.119. The summed E-state index contributed by atoms with van der Waals surface area (Å²) in [5.74, 6) is -0.317. The lowest BCUT2D eigenvalue weighted by Gasteiger charge is -2.23. The van der Waals surface area contributed by atoms with Gasteiger partial charge in [0.05, 0.1) is 6.54 Å². The molecular weight excluding hydrogens is 387 g/mol. The molecule has 1 unspecified atom stereocenters. The number of halogens is 2. The highest BCUT2D eigenvalue weighted by atomic mass is 35.5. The summed E-state index contributed by atoms with van der Waals surface area (Å²) in [6.45, 7) is 4.53. The second-order valence-electron chi connectivity index (χ2n) is 6.80. The smallest absolute Gasteiger partial charge is 0.238 e. The van der Waals surface area contributed by atoms with Gasteiger partial charge < -0.3 is 16.4 Å². The Morgan fingerprint density at radius 1 is 0.963 bits per heavy atom. The molecule has 1 aromatic carbocycles. The average molecular weight is 419 g/mol. The van der Waals surface area contributed by atoms with Crippen LogP contribution in [-0.4, -0.2) is 42.9 Å². The topological polar surface area (TPSA) is 87.5 Å². The van der Waals surface area contributed by atoms with E-state index in [9.17, 15) is 9.59 Å². The van der Waals surface area contributed by atoms with E-state index in [-0.39, 0.29) is 42.5 Å². The van der Waals surface area contributed by atoms with Gasteiger partial charge in [-0.2, -0.15) is 0 Å². The van der Waals surface area contributed by atoms with Gasteiger partial charge in [-0.3, -0.25) is 14.5 Å². The lowest BCUT2D eigenvalue weighted by atomic mass is 10.1. The minimum atomic E-state index is -0.225. The van der Waals surface area contributed by atoms with Gasteiger partial charge in [0.2, 0.25) is 11.8 Å². The van der Waals surface area contributed by atoms with Gasteiger partial charge in [0.1, 0.15) is 0 Å². The van der Waals surface area contributed by atoms with Crippen molar-refractivity contribution in [3.63, 3.8) is 0 Å². The number of hydrogen-bond donors (Lipinski definition) is 3. The Labute approximate surface area is 174 Å². The van der Waals surface area contributed by atoms with E-state index in [0.717, 1.165) is 18.8 Å². The maximum absolute atomic E-state index is 12.2. The maximum Gasteiger partial charge on any atom is 0.238 e. The molecule has 0 aliphatic carbocycles. The highest BCUT2D eigenvalue weighted by Gasteiger charge is 2.13. The van der Waals surface area contributed by atoms with Crippen molar-refractivity contribution in [2.75, 3.05) is 36.8 Å². The molecule has 1 heterocycles. The standard InChI is InChI=1S/C19H30N4O2.2ClH/c1-15(13-20)19(25)22-17-9-7-16(8-10-17)21-18(24)14-23-11-5-3-2-4-6-12-23;;/h7-10,15H,2-6,11-14,20H2,1H3,(H,21,24)(H,22,25);2*1H. The van der Waals surface area contributed by atoms with Gasteiger partial charge in [0.15, 0.2) is 0 Å². The molecule has 0 spiro atoms. The largest absolute Gasteiger partial charge is 0.330 e. The first-order chi connectivity index (χ1) is 12.1. The Balaban J connectivity index is 0.00000338. The van der Waals surface area contributed by atoms with Crippen LogP contribution in [0.5, 0.6) is 0 Å². The summed E-state index contributed by atoms with van der Waals surface area (Å²) in [7, 11) is 0. The van der Waals surface area contributed by atoms with Crippen LogP contribution in [0.15, 0.2) is 24.3 Å². The first-order valence-electron chi connectivity index (χ1n) is 9.21. The maximum atomic E-state index is 12.2. The van der Waals surface area contributed by atoms with E-state index in [0.29, 0.717) is 18.8 Å². The zero-order valence-corrected chi connectivity index (χ0v) is 17.5. The lowest BCUT2D eigenvalue weighted by Crippen LogP contribution is -2.35. The molecule has 1 saturated heterocycles. The molecule has 1 aromatic rings. The van der Waals surface area contributed by atoms with Gasteiger partial charge in [-0.05, 0) is 50.2 Å². The molecule has 0 bridgehead atoms. The summed E-state index contributed by atoms with van der Waals surface area (Å²) in [5, 5.41) is 5.74. The molecule has 27 heavy (non-hydrogen) atoms. The second kappa shape index (κ2) is 13.8. The number of nitrogens with zero attached hydrogens (tertiary/aromatic N) is 1. The molecule has 0 saturated carbocycles. The molecule has 8 heteroatoms. The molecule has 0 radical (unpaired) electrons. The zero-order chi connectivity index (χ0) is 18.1. The monoisotopic (exact) mass is 418 g/mol. The Morgan fingerprint density at radius 3 is 1.96 bits per heavy atom. The predicted molar refractivity (Wildman–Crippen MR) is 116 cm³/mol. The van der Waals surface area contributed by atoms with Crippen molar-refractivity contribution in [2.24, 2.45) is 11.7 Å². The number of likely N-dealkylation sites (tertiary alicyclic amines) is 1. The van der Waals surface area contributed by atoms with Gasteiger partial charge in [-0.25, -0.2) is 0 Å². The van der Waals surface area contributed by atoms with Crippen LogP contribution in [0.4, 0.5) is 11.4 Å². The van der Waals surface area contributed by atoms with Crippen LogP contribution in [0, 0.1) is 5.92 Å². The molecule has 2 rings (SSSR count). The zero-order valence-electron chi connectivity index (χ0n) is 15.9. The van der Waals surface area contributed by atoms with Crippen LogP contribution in [0.25, 0.3) is 0 Å². The van der Waals surface area contributed by atoms with E-state index in [1.165, 1.54) is 32.1 Å². The number of nitrogens with one attached hydrogen (secondary N) is 2. The Bertz CT molecular complexity index is 561. The number of nitrogens with two attached hydrogens (primary N) is 1. The van der Waals surface area contributed by atoms with E-state index < -0.39 is 0 Å². The average Bonchev–Trinajstić information content (AvgIpc) is 2.58. The number of hydrogen-bond acceptors (Lipinski definition) is 4. The van der Waals surface area contributed by atoms with Crippen LogP contribution in [0.3, 0.4) is 0 Å². The molecule has 1 aliphatic heterocycles. The normalized spacial score (nSPS) is 15.9. The first kappa shape index (κ1) is 25.7. The summed E-state index contributed by atoms with van der Waals surface area (Å²) < 4.78 is 0. The summed E-state index contributed by atoms with van der Waals surface area (Å²) in [5.41, 5.74) is 6.93. The van der Waals surface area contributed by atoms with Crippen molar-refractivity contribution < 1.29 is 9.59 Å². The summed E-state index contributed by atoms with van der Waals surface area (Å²) >= 11 is 0. The SMILES string of the molecule is CC(CN)C(=O)Nc1ccc(NC(=O)CN2CCCCCCC2)cc1.Cl.Cl. The number of carbonyl (C=O) groups is 2. The minimum absolute atomic E-state index is 0. The third kappa shape index (κ3) is 9.42. The van der Waals surface area contributed by atoms with Crippen molar-refractivity contribution in [2.45, 2.75) is 39.0 Å². The van der Waals surface area contributed by atoms with Gasteiger partial charge in [-0.15, -0.1) is 24.8 Å². The fourth-order valence-electron chi connectivity index (χ4n) is 2.88. The van der Waals surface area contributed by atoms with E-state index in [1.807, 2.05) is 0 Å². The quantitative estimate of drug-likeness (QED) is 0.661. The molecule has 1 atom stereocenters. The second-order valence-corrected chi connectivity index (χ2v) is 6.80. The van der Waals surface area contributed by atoms with Crippen LogP contribution >= 0.6 is 24.8 Å². The van der Waals surface area contributed by atoms with Crippen molar-refractivity contribution >= 4 is 48.0 Å². The Morgan fingerprint density at radius 2 is 1.44 bits per heavy atom. The molecular formula is C19H32Cl2N4O2. The number of anilines is 2. The third-order valence-electron chi connectivity index (χ3n) is 4.55. The van der Waals surface area contributed by atoms with Gasteiger partial charge in [-0.1, -0.05) is 26.2 Å². The molecule has 0 aromatic heterocycles. The molecule has 6 nitrogen and oxygen atoms in total. The fourth-order valence-corrected chi connectivity index (χ4v) is 2.88. The fraction of sp³-hybridized carbons (Fsp3) is 0.579. The van der Waals surface area contributed by atoms with E-state index in [1.54, 1.807) is 31.2 Å². The van der Waals surface area contributed by atoms with Crippen molar-refractivity contribution in [3.8, 4) is 0 Å². The summed E-state index contributed by atoms with van der Waals surface area (Å²) in [4.78, 5) is 26.3. The van der Waals surface area contributed by atoms with Crippen molar-refractivity contribution in [1.82, 2.24) is 4.90 Å². The van der Waals surface area contributed by atoms with Crippen molar-refractivity contribution in [1.29, 1.82) is 0 Å². The van der Waals surface area contributed by atoms with Crippen LogP contribution in [-0.2, 0) is 9.59 Å². The number of rotatable bonds is 6. The highest BCUT2D eigenvalue weighted by molar-refractivity contribution is 5.94. The summed E-state index contributed by atoms with van der Waals surface area (Å²) in [6.07, 6.45) is 6.17. The first-order valence-corrected chi connectivity index (χ1v) is 9.21. The third-order valence-corrected chi connectivity index (χ3v) is 4.55. The number of carbonyl (C=O) groups excluding carboxylic acids is 2. The van der Waals surface area contributed by atoms with Gasteiger partial charge >= 0.3 is 0 Å². The predicted octanol–water partition coefficient (Wildman–Crippen LogP) is 3.27. The van der Waals surface area contributed by atoms with Gasteiger partial charge in [0.25, 0.3) is 0 Å². The van der Waals surface area contributed by atoms with Gasteiger partial charge in [0, 0.05) is 23.8 Å². The molecule has 4 N–H and O–H groups in total. The molecule has 1 fully saturated rings. The van der Waals surface area contributed by atoms with Crippen molar-refractivity contribution in [3.05, 3.63) is 24.3 Å². The van der Waals surface area contributed by atoms with E-state index >= 15 is 0 Å². The Kier molecular flexibility index (Phi) is 13.1. The van der Waals surface area contributed by atoms with Crippen LogP contribution in [0.2, 0.25) is 0 Å². The molecule has 154 valence electrons. The molecule has 2 amide bonds. The summed E-state index contributed by atoms with van der Waals surface area (Å²) in [6, 6.07) is 7.17. The Hall–Kier alpha value is -1.34. The number of benzene rings is 1.